The van der Waals surface area contributed by atoms with Crippen LogP contribution in [0, 0.1) is 5.92 Å². The van der Waals surface area contributed by atoms with E-state index >= 15 is 0 Å². The zero-order valence-corrected chi connectivity index (χ0v) is 10.9. The van der Waals surface area contributed by atoms with Crippen molar-refractivity contribution in [2.24, 2.45) is 5.92 Å². The Morgan fingerprint density at radius 2 is 1.93 bits per heavy atom. The highest BCUT2D eigenvalue weighted by molar-refractivity contribution is 14.1. The van der Waals surface area contributed by atoms with E-state index in [9.17, 15) is 4.79 Å². The first-order chi connectivity index (χ1) is 6.84. The molecule has 2 nitrogen and oxygen atoms in total. The standard InChI is InChI=1S/C11H20INO/c12-8-4-5-9-13-11(14)10-6-2-1-3-7-10/h10H,1-9H2,(H,13,14). The van der Waals surface area contributed by atoms with Gasteiger partial charge in [-0.1, -0.05) is 41.9 Å². The number of unbranched alkanes of at least 4 members (excludes halogenated alkanes) is 1. The Balaban J connectivity index is 2.07. The summed E-state index contributed by atoms with van der Waals surface area (Å²) in [5.41, 5.74) is 0. The lowest BCUT2D eigenvalue weighted by atomic mass is 9.89. The summed E-state index contributed by atoms with van der Waals surface area (Å²) < 4.78 is 1.19. The Bertz CT molecular complexity index is 167. The Hall–Kier alpha value is 0.200. The summed E-state index contributed by atoms with van der Waals surface area (Å²) in [6, 6.07) is 0. The Kier molecular flexibility index (Phi) is 6.56. The second-order valence-corrected chi connectivity index (χ2v) is 5.10. The molecular formula is C11H20INO. The van der Waals surface area contributed by atoms with E-state index in [1.807, 2.05) is 0 Å². The van der Waals surface area contributed by atoms with E-state index in [1.54, 1.807) is 0 Å². The van der Waals surface area contributed by atoms with Crippen molar-refractivity contribution in [2.45, 2.75) is 44.9 Å². The van der Waals surface area contributed by atoms with E-state index in [4.69, 9.17) is 0 Å². The average molecular weight is 309 g/mol. The molecule has 0 spiro atoms. The summed E-state index contributed by atoms with van der Waals surface area (Å²) in [5.74, 6) is 0.626. The summed E-state index contributed by atoms with van der Waals surface area (Å²) in [7, 11) is 0. The SMILES string of the molecule is O=C(NCCCCI)C1CCCCC1. The number of hydrogen-bond donors (Lipinski definition) is 1. The second-order valence-electron chi connectivity index (χ2n) is 4.02. The van der Waals surface area contributed by atoms with Crippen molar-refractivity contribution in [1.29, 1.82) is 0 Å². The van der Waals surface area contributed by atoms with Crippen molar-refractivity contribution in [3.05, 3.63) is 0 Å². The molecule has 1 aliphatic carbocycles. The number of amides is 1. The molecule has 0 aliphatic heterocycles. The molecule has 1 rings (SSSR count). The van der Waals surface area contributed by atoms with Crippen molar-refractivity contribution in [2.75, 3.05) is 11.0 Å². The average Bonchev–Trinajstić information content (AvgIpc) is 2.25. The molecule has 1 amide bonds. The lowest BCUT2D eigenvalue weighted by molar-refractivity contribution is -0.125. The quantitative estimate of drug-likeness (QED) is 0.472. The van der Waals surface area contributed by atoms with Gasteiger partial charge in [-0.25, -0.2) is 0 Å². The summed E-state index contributed by atoms with van der Waals surface area (Å²) in [5, 5.41) is 3.04. The number of nitrogens with one attached hydrogen (secondary N) is 1. The minimum Gasteiger partial charge on any atom is -0.356 e. The summed E-state index contributed by atoms with van der Waals surface area (Å²) >= 11 is 2.38. The molecule has 3 heteroatoms. The first kappa shape index (κ1) is 12.3. The minimum atomic E-state index is 0.304. The largest absolute Gasteiger partial charge is 0.356 e. The highest BCUT2D eigenvalue weighted by Crippen LogP contribution is 2.23. The maximum Gasteiger partial charge on any atom is 0.223 e. The van der Waals surface area contributed by atoms with Gasteiger partial charge < -0.3 is 5.32 Å². The molecule has 0 aromatic carbocycles. The molecule has 0 radical (unpaired) electrons. The Labute approximate surface area is 100 Å². The lowest BCUT2D eigenvalue weighted by Gasteiger charge is -2.20. The van der Waals surface area contributed by atoms with Crippen LogP contribution in [0.3, 0.4) is 0 Å². The maximum atomic E-state index is 11.6. The van der Waals surface area contributed by atoms with Crippen molar-refractivity contribution in [1.82, 2.24) is 5.32 Å². The van der Waals surface area contributed by atoms with Gasteiger partial charge in [0.25, 0.3) is 0 Å². The predicted molar refractivity (Wildman–Crippen MR) is 67.7 cm³/mol. The van der Waals surface area contributed by atoms with Gasteiger partial charge in [0.15, 0.2) is 0 Å². The number of hydrogen-bond acceptors (Lipinski definition) is 1. The third-order valence-corrected chi connectivity index (χ3v) is 3.60. The smallest absolute Gasteiger partial charge is 0.223 e. The van der Waals surface area contributed by atoms with Crippen molar-refractivity contribution < 1.29 is 4.79 Å². The van der Waals surface area contributed by atoms with Crippen LogP contribution < -0.4 is 5.32 Å². The number of carbonyl (C=O) groups excluding carboxylic acids is 1. The van der Waals surface area contributed by atoms with Crippen LogP contribution in [-0.4, -0.2) is 16.9 Å². The predicted octanol–water partition coefficient (Wildman–Crippen LogP) is 2.90. The molecule has 0 bridgehead atoms. The summed E-state index contributed by atoms with van der Waals surface area (Å²) in [6.07, 6.45) is 8.36. The van der Waals surface area contributed by atoms with Crippen molar-refractivity contribution in [3.63, 3.8) is 0 Å². The van der Waals surface area contributed by atoms with Crippen LogP contribution in [0.15, 0.2) is 0 Å². The van der Waals surface area contributed by atoms with Gasteiger partial charge in [0.05, 0.1) is 0 Å². The monoisotopic (exact) mass is 309 g/mol. The van der Waals surface area contributed by atoms with Crippen LogP contribution in [0.1, 0.15) is 44.9 Å². The molecule has 0 heterocycles. The van der Waals surface area contributed by atoms with Crippen LogP contribution in [0.2, 0.25) is 0 Å². The topological polar surface area (TPSA) is 29.1 Å². The van der Waals surface area contributed by atoms with E-state index in [-0.39, 0.29) is 0 Å². The third-order valence-electron chi connectivity index (χ3n) is 2.84. The minimum absolute atomic E-state index is 0.304. The van der Waals surface area contributed by atoms with Gasteiger partial charge in [0, 0.05) is 12.5 Å². The molecular weight excluding hydrogens is 289 g/mol. The maximum absolute atomic E-state index is 11.6. The van der Waals surface area contributed by atoms with Gasteiger partial charge in [-0.3, -0.25) is 4.79 Å². The number of halogens is 1. The molecule has 1 fully saturated rings. The molecule has 0 aromatic rings. The van der Waals surface area contributed by atoms with Crippen molar-refractivity contribution >= 4 is 28.5 Å². The molecule has 1 N–H and O–H groups in total. The van der Waals surface area contributed by atoms with E-state index < -0.39 is 0 Å². The summed E-state index contributed by atoms with van der Waals surface area (Å²) in [4.78, 5) is 11.6. The molecule has 0 unspecified atom stereocenters. The molecule has 0 atom stereocenters. The van der Waals surface area contributed by atoms with Gasteiger partial charge in [-0.2, -0.15) is 0 Å². The van der Waals surface area contributed by atoms with Gasteiger partial charge in [0.2, 0.25) is 5.91 Å². The fourth-order valence-electron chi connectivity index (χ4n) is 1.94. The van der Waals surface area contributed by atoms with E-state index in [2.05, 4.69) is 27.9 Å². The van der Waals surface area contributed by atoms with Crippen LogP contribution in [0.4, 0.5) is 0 Å². The van der Waals surface area contributed by atoms with Crippen molar-refractivity contribution in [3.8, 4) is 0 Å². The zero-order valence-electron chi connectivity index (χ0n) is 8.73. The Morgan fingerprint density at radius 1 is 1.21 bits per heavy atom. The van der Waals surface area contributed by atoms with Crippen LogP contribution in [0.25, 0.3) is 0 Å². The van der Waals surface area contributed by atoms with E-state index in [0.29, 0.717) is 11.8 Å². The van der Waals surface area contributed by atoms with Crippen LogP contribution in [0.5, 0.6) is 0 Å². The first-order valence-electron chi connectivity index (χ1n) is 5.68. The number of alkyl halides is 1. The van der Waals surface area contributed by atoms with Gasteiger partial charge in [0.1, 0.15) is 0 Å². The molecule has 1 saturated carbocycles. The number of carbonyl (C=O) groups is 1. The van der Waals surface area contributed by atoms with E-state index in [0.717, 1.165) is 25.8 Å². The number of rotatable bonds is 5. The van der Waals surface area contributed by atoms with Gasteiger partial charge >= 0.3 is 0 Å². The van der Waals surface area contributed by atoms with Gasteiger partial charge in [-0.15, -0.1) is 0 Å². The summed E-state index contributed by atoms with van der Waals surface area (Å²) in [6.45, 7) is 0.873. The molecule has 82 valence electrons. The Morgan fingerprint density at radius 3 is 2.57 bits per heavy atom. The zero-order chi connectivity index (χ0) is 10.2. The van der Waals surface area contributed by atoms with Crippen LogP contribution in [-0.2, 0) is 4.79 Å². The highest BCUT2D eigenvalue weighted by Gasteiger charge is 2.20. The van der Waals surface area contributed by atoms with E-state index in [1.165, 1.54) is 30.1 Å². The molecule has 0 aromatic heterocycles. The third kappa shape index (κ3) is 4.62. The van der Waals surface area contributed by atoms with Gasteiger partial charge in [-0.05, 0) is 30.1 Å². The normalized spacial score (nSPS) is 18.1. The molecule has 0 saturated heterocycles. The fraction of sp³-hybridized carbons (Fsp3) is 0.909. The first-order valence-corrected chi connectivity index (χ1v) is 7.21. The molecule has 1 aliphatic rings. The molecule has 14 heavy (non-hydrogen) atoms. The second kappa shape index (κ2) is 7.49. The fourth-order valence-corrected chi connectivity index (χ4v) is 2.48. The highest BCUT2D eigenvalue weighted by atomic mass is 127. The lowest BCUT2D eigenvalue weighted by Crippen LogP contribution is -2.32. The van der Waals surface area contributed by atoms with Crippen LogP contribution >= 0.6 is 22.6 Å².